The number of methoxy groups -OCH3 is 1. The highest BCUT2D eigenvalue weighted by Gasteiger charge is 2.26. The average Bonchev–Trinajstić information content (AvgIpc) is 3.58. The van der Waals surface area contributed by atoms with Crippen molar-refractivity contribution >= 4 is 41.8 Å². The molecule has 0 atom stereocenters. The Morgan fingerprint density at radius 3 is 2.34 bits per heavy atom. The second-order valence-electron chi connectivity index (χ2n) is 8.23. The number of amides is 2. The van der Waals surface area contributed by atoms with Crippen molar-refractivity contribution in [1.82, 2.24) is 25.3 Å². The van der Waals surface area contributed by atoms with Gasteiger partial charge in [-0.1, -0.05) is 12.1 Å². The van der Waals surface area contributed by atoms with Crippen LogP contribution in [0.2, 0.25) is 0 Å². The molecule has 0 aromatic heterocycles. The van der Waals surface area contributed by atoms with Crippen LogP contribution in [0.25, 0.3) is 0 Å². The molecule has 2 amide bonds. The topological polar surface area (TPSA) is 89.5 Å². The van der Waals surface area contributed by atoms with E-state index in [-0.39, 0.29) is 42.3 Å². The Balaban J connectivity index is 0.00000363. The smallest absolute Gasteiger partial charge is 0.241 e. The number of piperazine rings is 1. The van der Waals surface area contributed by atoms with Gasteiger partial charge in [-0.25, -0.2) is 4.99 Å². The molecule has 178 valence electrons. The molecule has 2 N–H and O–H groups in total. The van der Waals surface area contributed by atoms with Crippen molar-refractivity contribution in [2.24, 2.45) is 4.99 Å². The number of nitrogens with one attached hydrogen (secondary N) is 2. The highest BCUT2D eigenvalue weighted by atomic mass is 127. The number of rotatable bonds is 8. The van der Waals surface area contributed by atoms with E-state index in [1.807, 2.05) is 24.3 Å². The van der Waals surface area contributed by atoms with Crippen LogP contribution in [0, 0.1) is 0 Å². The summed E-state index contributed by atoms with van der Waals surface area (Å²) in [6, 6.07) is 8.20. The van der Waals surface area contributed by atoms with Crippen molar-refractivity contribution in [3.8, 4) is 5.75 Å². The number of aliphatic imine (C=N–C) groups is 1. The zero-order chi connectivity index (χ0) is 22.2. The van der Waals surface area contributed by atoms with E-state index in [1.54, 1.807) is 26.1 Å². The molecule has 2 aliphatic rings. The summed E-state index contributed by atoms with van der Waals surface area (Å²) in [5.74, 6) is 1.63. The van der Waals surface area contributed by atoms with Gasteiger partial charge in [-0.05, 0) is 30.5 Å². The third kappa shape index (κ3) is 8.45. The lowest BCUT2D eigenvalue weighted by molar-refractivity contribution is -0.127. The zero-order valence-electron chi connectivity index (χ0n) is 19.2. The monoisotopic (exact) mass is 558 g/mol. The van der Waals surface area contributed by atoms with Gasteiger partial charge in [0.25, 0.3) is 0 Å². The molecule has 0 unspecified atom stereocenters. The Kier molecular flexibility index (Phi) is 10.5. The normalized spacial score (nSPS) is 16.7. The number of guanidine groups is 1. The fourth-order valence-corrected chi connectivity index (χ4v) is 3.30. The summed E-state index contributed by atoms with van der Waals surface area (Å²) in [7, 11) is 5.12. The number of carbonyl (C=O) groups excluding carboxylic acids is 2. The van der Waals surface area contributed by atoms with E-state index < -0.39 is 0 Å². The van der Waals surface area contributed by atoms with Gasteiger partial charge >= 0.3 is 0 Å². The Hall–Kier alpha value is -2.08. The minimum absolute atomic E-state index is 0. The van der Waals surface area contributed by atoms with Gasteiger partial charge in [0.05, 0.1) is 26.7 Å². The molecule has 1 aromatic rings. The van der Waals surface area contributed by atoms with E-state index in [4.69, 9.17) is 9.73 Å². The van der Waals surface area contributed by atoms with Gasteiger partial charge in [0.1, 0.15) is 5.75 Å². The summed E-state index contributed by atoms with van der Waals surface area (Å²) < 4.78 is 5.21. The molecule has 0 spiro atoms. The first kappa shape index (κ1) is 26.2. The highest BCUT2D eigenvalue weighted by Crippen LogP contribution is 2.18. The first-order valence-electron chi connectivity index (χ1n) is 10.8. The third-order valence-electron chi connectivity index (χ3n) is 5.45. The summed E-state index contributed by atoms with van der Waals surface area (Å²) >= 11 is 0. The molecule has 1 saturated heterocycles. The van der Waals surface area contributed by atoms with E-state index in [0.29, 0.717) is 25.1 Å². The predicted molar refractivity (Wildman–Crippen MR) is 135 cm³/mol. The summed E-state index contributed by atoms with van der Waals surface area (Å²) in [5.41, 5.74) is 1.06. The highest BCUT2D eigenvalue weighted by molar-refractivity contribution is 14.0. The number of hydrogen-bond acceptors (Lipinski definition) is 5. The predicted octanol–water partition coefficient (Wildman–Crippen LogP) is 0.743. The van der Waals surface area contributed by atoms with Crippen molar-refractivity contribution < 1.29 is 14.3 Å². The largest absolute Gasteiger partial charge is 0.497 e. The van der Waals surface area contributed by atoms with Crippen LogP contribution < -0.4 is 15.4 Å². The number of carbonyl (C=O) groups is 2. The quantitative estimate of drug-likeness (QED) is 0.278. The Morgan fingerprint density at radius 1 is 1.12 bits per heavy atom. The maximum atomic E-state index is 12.1. The third-order valence-corrected chi connectivity index (χ3v) is 5.45. The van der Waals surface area contributed by atoms with Crippen molar-refractivity contribution in [2.45, 2.75) is 25.4 Å². The maximum Gasteiger partial charge on any atom is 0.241 e. The van der Waals surface area contributed by atoms with E-state index in [1.165, 1.54) is 0 Å². The van der Waals surface area contributed by atoms with E-state index in [2.05, 4.69) is 20.4 Å². The van der Waals surface area contributed by atoms with Gasteiger partial charge in [-0.15, -0.1) is 24.0 Å². The van der Waals surface area contributed by atoms with Gasteiger partial charge in [-0.2, -0.15) is 0 Å². The number of nitrogens with zero attached hydrogens (tertiary/aromatic N) is 4. The van der Waals surface area contributed by atoms with Gasteiger partial charge in [0, 0.05) is 46.3 Å². The lowest BCUT2D eigenvalue weighted by Crippen LogP contribution is -2.55. The van der Waals surface area contributed by atoms with Crippen LogP contribution >= 0.6 is 24.0 Å². The van der Waals surface area contributed by atoms with Crippen molar-refractivity contribution in [1.29, 1.82) is 0 Å². The van der Waals surface area contributed by atoms with Gasteiger partial charge in [-0.3, -0.25) is 14.5 Å². The molecule has 2 fully saturated rings. The Bertz CT molecular complexity index is 774. The van der Waals surface area contributed by atoms with Crippen LogP contribution in [-0.4, -0.2) is 99.0 Å². The molecule has 1 heterocycles. The second kappa shape index (κ2) is 12.8. The van der Waals surface area contributed by atoms with E-state index in [0.717, 1.165) is 50.3 Å². The maximum absolute atomic E-state index is 12.1. The zero-order valence-corrected chi connectivity index (χ0v) is 21.5. The van der Waals surface area contributed by atoms with Crippen LogP contribution in [0.1, 0.15) is 18.4 Å². The number of halogens is 1. The fraction of sp³-hybridized carbons (Fsp3) is 0.591. The summed E-state index contributed by atoms with van der Waals surface area (Å²) in [5, 5.41) is 6.26. The molecule has 3 rings (SSSR count). The van der Waals surface area contributed by atoms with E-state index >= 15 is 0 Å². The molecular formula is C22H35IN6O3. The molecule has 1 aromatic carbocycles. The summed E-state index contributed by atoms with van der Waals surface area (Å²) in [6.07, 6.45) is 2.20. The van der Waals surface area contributed by atoms with Crippen LogP contribution in [0.5, 0.6) is 5.75 Å². The molecule has 0 bridgehead atoms. The Morgan fingerprint density at radius 2 is 1.78 bits per heavy atom. The van der Waals surface area contributed by atoms with Gasteiger partial charge in [0.15, 0.2) is 5.96 Å². The van der Waals surface area contributed by atoms with Crippen molar-refractivity contribution in [2.75, 3.05) is 60.5 Å². The molecule has 0 radical (unpaired) electrons. The standard InChI is InChI=1S/C22H34N6O3.HI/c1-26(2)21(30)15-24-22(23-14-17-4-8-19(31-3)9-5-17)28-12-10-27(11-13-28)16-20(29)25-18-6-7-18;/h4-5,8-9,18H,6-7,10-16H2,1-3H3,(H,23,24)(H,25,29);1H. The molecule has 32 heavy (non-hydrogen) atoms. The van der Waals surface area contributed by atoms with Crippen LogP contribution in [0.4, 0.5) is 0 Å². The van der Waals surface area contributed by atoms with Crippen molar-refractivity contribution in [3.05, 3.63) is 29.8 Å². The van der Waals surface area contributed by atoms with Gasteiger partial charge < -0.3 is 25.2 Å². The van der Waals surface area contributed by atoms with Crippen LogP contribution in [0.15, 0.2) is 29.3 Å². The van der Waals surface area contributed by atoms with Gasteiger partial charge in [0.2, 0.25) is 11.8 Å². The molecular weight excluding hydrogens is 523 g/mol. The first-order chi connectivity index (χ1) is 14.9. The molecule has 1 aliphatic carbocycles. The molecule has 9 nitrogen and oxygen atoms in total. The lowest BCUT2D eigenvalue weighted by atomic mass is 10.2. The number of benzene rings is 1. The SMILES string of the molecule is COc1ccc(CN=C(NCC(=O)N(C)C)N2CCN(CC(=O)NC3CC3)CC2)cc1.I. The lowest BCUT2D eigenvalue weighted by Gasteiger charge is -2.36. The Labute approximate surface area is 207 Å². The van der Waals surface area contributed by atoms with Crippen molar-refractivity contribution in [3.63, 3.8) is 0 Å². The minimum Gasteiger partial charge on any atom is -0.497 e. The average molecular weight is 558 g/mol. The summed E-state index contributed by atoms with van der Waals surface area (Å²) in [4.78, 5) is 34.8. The van der Waals surface area contributed by atoms with Crippen LogP contribution in [0.3, 0.4) is 0 Å². The summed E-state index contributed by atoms with van der Waals surface area (Å²) in [6.45, 7) is 4.20. The number of likely N-dealkylation sites (N-methyl/N-ethyl adjacent to an activating group) is 1. The van der Waals surface area contributed by atoms with E-state index in [9.17, 15) is 9.59 Å². The number of hydrogen-bond donors (Lipinski definition) is 2. The number of ether oxygens (including phenoxy) is 1. The molecule has 10 heteroatoms. The first-order valence-corrected chi connectivity index (χ1v) is 10.8. The molecule has 1 aliphatic heterocycles. The molecule has 1 saturated carbocycles. The minimum atomic E-state index is -0.00692. The second-order valence-corrected chi connectivity index (χ2v) is 8.23. The fourth-order valence-electron chi connectivity index (χ4n) is 3.30. The van der Waals surface area contributed by atoms with Crippen LogP contribution in [-0.2, 0) is 16.1 Å².